The molecule has 0 saturated heterocycles. The van der Waals surface area contributed by atoms with E-state index in [9.17, 15) is 19.2 Å². The first-order valence-corrected chi connectivity index (χ1v) is 7.34. The molecular weight excluding hydrogens is 346 g/mol. The van der Waals surface area contributed by atoms with Gasteiger partial charge in [0, 0.05) is 19.3 Å². The number of aromatic carboxylic acids is 1. The van der Waals surface area contributed by atoms with Gasteiger partial charge in [0.25, 0.3) is 5.56 Å². The summed E-state index contributed by atoms with van der Waals surface area (Å²) in [4.78, 5) is 46.9. The van der Waals surface area contributed by atoms with Gasteiger partial charge in [-0.1, -0.05) is 0 Å². The third-order valence-electron chi connectivity index (χ3n) is 3.57. The highest BCUT2D eigenvalue weighted by Crippen LogP contribution is 2.36. The number of methoxy groups -OCH3 is 2. The molecule has 2 rings (SSSR count). The lowest BCUT2D eigenvalue weighted by Gasteiger charge is -2.15. The lowest BCUT2D eigenvalue weighted by atomic mass is 10.1. The van der Waals surface area contributed by atoms with E-state index in [-0.39, 0.29) is 29.3 Å². The number of rotatable bonds is 6. The molecule has 1 aromatic heterocycles. The van der Waals surface area contributed by atoms with Gasteiger partial charge in [0.1, 0.15) is 6.54 Å². The number of ether oxygens (including phenoxy) is 2. The number of aromatic nitrogens is 2. The van der Waals surface area contributed by atoms with Crippen LogP contribution in [0.2, 0.25) is 0 Å². The lowest BCUT2D eigenvalue weighted by Crippen LogP contribution is -2.39. The Balaban J connectivity index is 2.35. The molecule has 0 fully saturated rings. The fraction of sp³-hybridized carbons (Fsp3) is 0.250. The number of hydrogen-bond donors (Lipinski definition) is 2. The third-order valence-corrected chi connectivity index (χ3v) is 3.57. The Morgan fingerprint density at radius 1 is 1.19 bits per heavy atom. The molecule has 0 unspecified atom stereocenters. The van der Waals surface area contributed by atoms with Crippen molar-refractivity contribution in [1.29, 1.82) is 0 Å². The van der Waals surface area contributed by atoms with Crippen LogP contribution in [0.4, 0.5) is 5.69 Å². The van der Waals surface area contributed by atoms with Crippen LogP contribution in [0, 0.1) is 0 Å². The van der Waals surface area contributed by atoms with E-state index >= 15 is 0 Å². The van der Waals surface area contributed by atoms with Crippen molar-refractivity contribution < 1.29 is 24.2 Å². The predicted molar refractivity (Wildman–Crippen MR) is 91.1 cm³/mol. The molecular formula is C16H17N3O7. The van der Waals surface area contributed by atoms with Crippen molar-refractivity contribution >= 4 is 17.6 Å². The maximum Gasteiger partial charge on any atom is 0.335 e. The van der Waals surface area contributed by atoms with Crippen LogP contribution >= 0.6 is 0 Å². The fourth-order valence-electron chi connectivity index (χ4n) is 2.26. The second kappa shape index (κ2) is 7.55. The van der Waals surface area contributed by atoms with Gasteiger partial charge < -0.3 is 19.9 Å². The zero-order chi connectivity index (χ0) is 19.4. The average Bonchev–Trinajstić information content (AvgIpc) is 2.61. The number of benzene rings is 1. The van der Waals surface area contributed by atoms with Crippen molar-refractivity contribution in [2.45, 2.75) is 6.54 Å². The van der Waals surface area contributed by atoms with Gasteiger partial charge in [-0.2, -0.15) is 0 Å². The van der Waals surface area contributed by atoms with Crippen molar-refractivity contribution in [2.24, 2.45) is 7.05 Å². The monoisotopic (exact) mass is 363 g/mol. The molecule has 10 heteroatoms. The Morgan fingerprint density at radius 3 is 2.46 bits per heavy atom. The van der Waals surface area contributed by atoms with Gasteiger partial charge in [0.15, 0.2) is 11.5 Å². The summed E-state index contributed by atoms with van der Waals surface area (Å²) in [5.41, 5.74) is -1.19. The smallest absolute Gasteiger partial charge is 0.335 e. The normalized spacial score (nSPS) is 10.3. The summed E-state index contributed by atoms with van der Waals surface area (Å²) < 4.78 is 12.2. The summed E-state index contributed by atoms with van der Waals surface area (Å²) in [6, 6.07) is 3.63. The van der Waals surface area contributed by atoms with Gasteiger partial charge in [-0.25, -0.2) is 9.59 Å². The Labute approximate surface area is 147 Å². The van der Waals surface area contributed by atoms with E-state index in [1.54, 1.807) is 0 Å². The summed E-state index contributed by atoms with van der Waals surface area (Å²) >= 11 is 0. The minimum Gasteiger partial charge on any atom is -0.493 e. The van der Waals surface area contributed by atoms with E-state index in [0.717, 1.165) is 15.2 Å². The van der Waals surface area contributed by atoms with Crippen molar-refractivity contribution in [3.63, 3.8) is 0 Å². The molecule has 1 aromatic carbocycles. The SMILES string of the molecule is COc1cc(C(=O)O)cc(NC(=O)Cn2ccc(=O)n(C)c2=O)c1OC. The van der Waals surface area contributed by atoms with Gasteiger partial charge in [-0.3, -0.25) is 18.7 Å². The summed E-state index contributed by atoms with van der Waals surface area (Å²) in [6.45, 7) is -0.379. The molecule has 26 heavy (non-hydrogen) atoms. The van der Waals surface area contributed by atoms with Gasteiger partial charge >= 0.3 is 11.7 Å². The first kappa shape index (κ1) is 18.8. The van der Waals surface area contributed by atoms with Gasteiger partial charge in [0.2, 0.25) is 5.91 Å². The van der Waals surface area contributed by atoms with Gasteiger partial charge in [0.05, 0.1) is 25.5 Å². The van der Waals surface area contributed by atoms with Crippen LogP contribution in [0.3, 0.4) is 0 Å². The van der Waals surface area contributed by atoms with E-state index in [1.165, 1.54) is 39.6 Å². The van der Waals surface area contributed by atoms with Crippen molar-refractivity contribution in [3.8, 4) is 11.5 Å². The zero-order valence-corrected chi connectivity index (χ0v) is 14.3. The summed E-state index contributed by atoms with van der Waals surface area (Å²) in [6.07, 6.45) is 1.20. The quantitative estimate of drug-likeness (QED) is 0.733. The molecule has 0 bridgehead atoms. The fourth-order valence-corrected chi connectivity index (χ4v) is 2.26. The Kier molecular flexibility index (Phi) is 5.45. The predicted octanol–water partition coefficient (Wildman–Crippen LogP) is -0.0989. The number of anilines is 1. The standard InChI is InChI=1S/C16H17N3O7/c1-18-13(21)4-5-19(16(18)24)8-12(20)17-10-6-9(15(22)23)7-11(25-2)14(10)26-3/h4-7H,8H2,1-3H3,(H,17,20)(H,22,23). The van der Waals surface area contributed by atoms with Crippen LogP contribution in [-0.4, -0.2) is 40.3 Å². The number of nitrogens with zero attached hydrogens (tertiary/aromatic N) is 2. The number of hydrogen-bond acceptors (Lipinski definition) is 6. The van der Waals surface area contributed by atoms with Gasteiger partial charge in [-0.15, -0.1) is 0 Å². The molecule has 1 amide bonds. The zero-order valence-electron chi connectivity index (χ0n) is 14.3. The van der Waals surface area contributed by atoms with Crippen molar-refractivity contribution in [1.82, 2.24) is 9.13 Å². The molecule has 2 aromatic rings. The van der Waals surface area contributed by atoms with E-state index < -0.39 is 23.1 Å². The molecule has 10 nitrogen and oxygen atoms in total. The molecule has 0 saturated carbocycles. The Bertz CT molecular complexity index is 975. The van der Waals surface area contributed by atoms with Crippen LogP contribution < -0.4 is 26.0 Å². The van der Waals surface area contributed by atoms with Crippen LogP contribution in [0.25, 0.3) is 0 Å². The maximum atomic E-state index is 12.3. The molecule has 2 N–H and O–H groups in total. The molecule has 0 atom stereocenters. The van der Waals surface area contributed by atoms with E-state index in [2.05, 4.69) is 5.32 Å². The van der Waals surface area contributed by atoms with Crippen LogP contribution in [-0.2, 0) is 18.4 Å². The lowest BCUT2D eigenvalue weighted by molar-refractivity contribution is -0.116. The Hall–Kier alpha value is -3.56. The molecule has 0 aliphatic heterocycles. The summed E-state index contributed by atoms with van der Waals surface area (Å²) in [5, 5.41) is 11.7. The van der Waals surface area contributed by atoms with Crippen LogP contribution in [0.1, 0.15) is 10.4 Å². The molecule has 0 aliphatic carbocycles. The number of amides is 1. The van der Waals surface area contributed by atoms with Crippen molar-refractivity contribution in [2.75, 3.05) is 19.5 Å². The second-order valence-corrected chi connectivity index (χ2v) is 5.24. The number of carbonyl (C=O) groups is 2. The number of nitrogens with one attached hydrogen (secondary N) is 1. The first-order chi connectivity index (χ1) is 12.3. The summed E-state index contributed by atoms with van der Waals surface area (Å²) in [7, 11) is 3.97. The number of carboxylic acid groups (broad SMARTS) is 1. The molecule has 1 heterocycles. The number of carbonyl (C=O) groups excluding carboxylic acids is 1. The third kappa shape index (κ3) is 3.74. The summed E-state index contributed by atoms with van der Waals surface area (Å²) in [5.74, 6) is -1.56. The molecule has 0 spiro atoms. The molecule has 138 valence electrons. The van der Waals surface area contributed by atoms with Crippen molar-refractivity contribution in [3.05, 3.63) is 50.8 Å². The van der Waals surface area contributed by atoms with E-state index in [1.807, 2.05) is 0 Å². The highest BCUT2D eigenvalue weighted by molar-refractivity contribution is 5.96. The topological polar surface area (TPSA) is 129 Å². The van der Waals surface area contributed by atoms with E-state index in [4.69, 9.17) is 14.6 Å². The first-order valence-electron chi connectivity index (χ1n) is 7.34. The maximum absolute atomic E-state index is 12.3. The van der Waals surface area contributed by atoms with Crippen LogP contribution in [0.15, 0.2) is 34.0 Å². The van der Waals surface area contributed by atoms with E-state index in [0.29, 0.717) is 0 Å². The van der Waals surface area contributed by atoms with Crippen LogP contribution in [0.5, 0.6) is 11.5 Å². The Morgan fingerprint density at radius 2 is 1.88 bits per heavy atom. The molecule has 0 aliphatic rings. The highest BCUT2D eigenvalue weighted by Gasteiger charge is 2.18. The average molecular weight is 363 g/mol. The highest BCUT2D eigenvalue weighted by atomic mass is 16.5. The second-order valence-electron chi connectivity index (χ2n) is 5.24. The molecule has 0 radical (unpaired) electrons. The van der Waals surface area contributed by atoms with Gasteiger partial charge in [-0.05, 0) is 12.1 Å². The number of carboxylic acids is 1. The minimum atomic E-state index is -1.21. The minimum absolute atomic E-state index is 0.0760. The largest absolute Gasteiger partial charge is 0.493 e.